The maximum Gasteiger partial charge on any atom is 0.157 e. The SMILES string of the molecule is CC1CCC2(CC1)CSC(=NC1CCCOC1)N2. The molecule has 1 N–H and O–H groups in total. The van der Waals surface area contributed by atoms with Crippen molar-refractivity contribution in [3.05, 3.63) is 0 Å². The van der Waals surface area contributed by atoms with E-state index in [-0.39, 0.29) is 0 Å². The smallest absolute Gasteiger partial charge is 0.157 e. The lowest BCUT2D eigenvalue weighted by Gasteiger charge is -2.35. The van der Waals surface area contributed by atoms with Crippen LogP contribution in [0.4, 0.5) is 0 Å². The van der Waals surface area contributed by atoms with Crippen molar-refractivity contribution in [2.24, 2.45) is 10.9 Å². The van der Waals surface area contributed by atoms with Crippen molar-refractivity contribution in [1.82, 2.24) is 5.32 Å². The number of thioether (sulfide) groups is 1. The predicted octanol–water partition coefficient (Wildman–Crippen LogP) is 2.81. The largest absolute Gasteiger partial charge is 0.379 e. The molecule has 1 atom stereocenters. The second kappa shape index (κ2) is 5.41. The first-order valence-corrected chi connectivity index (χ1v) is 8.31. The Labute approximate surface area is 114 Å². The molecule has 0 bridgehead atoms. The van der Waals surface area contributed by atoms with Crippen LogP contribution < -0.4 is 5.32 Å². The number of rotatable bonds is 1. The van der Waals surface area contributed by atoms with Crippen LogP contribution in [-0.4, -0.2) is 35.7 Å². The van der Waals surface area contributed by atoms with Crippen LogP contribution in [0, 0.1) is 5.92 Å². The van der Waals surface area contributed by atoms with E-state index in [4.69, 9.17) is 9.73 Å². The standard InChI is InChI=1S/C14H24N2OS/c1-11-4-6-14(7-5-11)10-18-13(16-14)15-12-3-2-8-17-9-12/h11-12H,2-10H2,1H3,(H,15,16). The van der Waals surface area contributed by atoms with Gasteiger partial charge in [-0.1, -0.05) is 18.7 Å². The van der Waals surface area contributed by atoms with E-state index in [0.717, 1.165) is 25.6 Å². The Morgan fingerprint density at radius 1 is 1.33 bits per heavy atom. The van der Waals surface area contributed by atoms with Crippen LogP contribution in [0.3, 0.4) is 0 Å². The van der Waals surface area contributed by atoms with Crippen LogP contribution >= 0.6 is 11.8 Å². The molecule has 4 heteroatoms. The zero-order valence-corrected chi connectivity index (χ0v) is 12.1. The Balaban J connectivity index is 1.58. The molecule has 0 aromatic heterocycles. The monoisotopic (exact) mass is 268 g/mol. The Hall–Kier alpha value is -0.220. The molecule has 0 aromatic rings. The summed E-state index contributed by atoms with van der Waals surface area (Å²) < 4.78 is 5.50. The highest BCUT2D eigenvalue weighted by Gasteiger charge is 2.39. The number of nitrogens with one attached hydrogen (secondary N) is 1. The second-order valence-corrected chi connectivity index (χ2v) is 7.15. The molecule has 0 aromatic carbocycles. The number of amidine groups is 1. The van der Waals surface area contributed by atoms with E-state index in [0.29, 0.717) is 11.6 Å². The number of nitrogens with zero attached hydrogens (tertiary/aromatic N) is 1. The Kier molecular flexibility index (Phi) is 3.85. The maximum absolute atomic E-state index is 5.50. The van der Waals surface area contributed by atoms with Crippen molar-refractivity contribution in [2.45, 2.75) is 57.0 Å². The first kappa shape index (κ1) is 12.8. The highest BCUT2D eigenvalue weighted by atomic mass is 32.2. The van der Waals surface area contributed by atoms with E-state index < -0.39 is 0 Å². The van der Waals surface area contributed by atoms with Crippen molar-refractivity contribution < 1.29 is 4.74 Å². The fourth-order valence-corrected chi connectivity index (χ4v) is 4.44. The number of aliphatic imine (C=N–C) groups is 1. The van der Waals surface area contributed by atoms with Gasteiger partial charge in [0.05, 0.1) is 12.6 Å². The molecule has 102 valence electrons. The number of hydrogen-bond acceptors (Lipinski definition) is 3. The zero-order chi connectivity index (χ0) is 12.4. The summed E-state index contributed by atoms with van der Waals surface area (Å²) in [4.78, 5) is 4.85. The van der Waals surface area contributed by atoms with Crippen LogP contribution in [0.5, 0.6) is 0 Å². The van der Waals surface area contributed by atoms with Gasteiger partial charge in [-0.2, -0.15) is 0 Å². The van der Waals surface area contributed by atoms with Crippen LogP contribution in [-0.2, 0) is 4.74 Å². The molecule has 2 heterocycles. The average molecular weight is 268 g/mol. The van der Waals surface area contributed by atoms with Gasteiger partial charge in [0.25, 0.3) is 0 Å². The molecular weight excluding hydrogens is 244 g/mol. The third-order valence-corrected chi connectivity index (χ3v) is 5.70. The summed E-state index contributed by atoms with van der Waals surface area (Å²) >= 11 is 1.93. The molecule has 2 aliphatic heterocycles. The fraction of sp³-hybridized carbons (Fsp3) is 0.929. The molecule has 2 saturated heterocycles. The van der Waals surface area contributed by atoms with Gasteiger partial charge in [-0.3, -0.25) is 4.99 Å². The summed E-state index contributed by atoms with van der Waals surface area (Å²) in [6.07, 6.45) is 7.73. The third-order valence-electron chi connectivity index (χ3n) is 4.52. The van der Waals surface area contributed by atoms with Crippen LogP contribution in [0.2, 0.25) is 0 Å². The van der Waals surface area contributed by atoms with E-state index >= 15 is 0 Å². The molecule has 3 nitrogen and oxygen atoms in total. The Morgan fingerprint density at radius 2 is 2.17 bits per heavy atom. The van der Waals surface area contributed by atoms with Gasteiger partial charge in [-0.05, 0) is 44.4 Å². The molecule has 0 radical (unpaired) electrons. The highest BCUT2D eigenvalue weighted by Crippen LogP contribution is 2.38. The van der Waals surface area contributed by atoms with Gasteiger partial charge in [-0.15, -0.1) is 0 Å². The first-order valence-electron chi connectivity index (χ1n) is 7.32. The zero-order valence-electron chi connectivity index (χ0n) is 11.3. The van der Waals surface area contributed by atoms with Crippen molar-refractivity contribution in [3.8, 4) is 0 Å². The third kappa shape index (κ3) is 2.85. The van der Waals surface area contributed by atoms with Crippen molar-refractivity contribution in [3.63, 3.8) is 0 Å². The van der Waals surface area contributed by atoms with Gasteiger partial charge in [0.2, 0.25) is 0 Å². The van der Waals surface area contributed by atoms with E-state index in [1.54, 1.807) is 0 Å². The summed E-state index contributed by atoms with van der Waals surface area (Å²) in [5.41, 5.74) is 0.367. The van der Waals surface area contributed by atoms with Crippen molar-refractivity contribution >= 4 is 16.9 Å². The van der Waals surface area contributed by atoms with Gasteiger partial charge in [0.1, 0.15) is 0 Å². The Bertz CT molecular complexity index is 318. The molecule has 3 fully saturated rings. The predicted molar refractivity (Wildman–Crippen MR) is 77.2 cm³/mol. The number of ether oxygens (including phenoxy) is 1. The summed E-state index contributed by atoms with van der Waals surface area (Å²) in [6, 6.07) is 0.395. The lowest BCUT2D eigenvalue weighted by molar-refractivity contribution is 0.0828. The minimum atomic E-state index is 0.367. The summed E-state index contributed by atoms with van der Waals surface area (Å²) in [5.74, 6) is 2.13. The lowest BCUT2D eigenvalue weighted by Crippen LogP contribution is -2.46. The van der Waals surface area contributed by atoms with E-state index in [9.17, 15) is 0 Å². The normalized spacial score (nSPS) is 43.3. The van der Waals surface area contributed by atoms with Crippen LogP contribution in [0.15, 0.2) is 4.99 Å². The molecule has 1 unspecified atom stereocenters. The summed E-state index contributed by atoms with van der Waals surface area (Å²) in [7, 11) is 0. The molecular formula is C14H24N2OS. The highest BCUT2D eigenvalue weighted by molar-refractivity contribution is 8.14. The van der Waals surface area contributed by atoms with Crippen molar-refractivity contribution in [1.29, 1.82) is 0 Å². The molecule has 3 aliphatic rings. The maximum atomic E-state index is 5.50. The molecule has 1 spiro atoms. The van der Waals surface area contributed by atoms with Gasteiger partial charge >= 0.3 is 0 Å². The quantitative estimate of drug-likeness (QED) is 0.794. The van der Waals surface area contributed by atoms with E-state index in [2.05, 4.69) is 12.2 Å². The van der Waals surface area contributed by atoms with Gasteiger partial charge < -0.3 is 10.1 Å². The average Bonchev–Trinajstić information content (AvgIpc) is 2.78. The van der Waals surface area contributed by atoms with E-state index in [1.807, 2.05) is 11.8 Å². The van der Waals surface area contributed by atoms with Gasteiger partial charge in [0.15, 0.2) is 5.17 Å². The minimum Gasteiger partial charge on any atom is -0.379 e. The fourth-order valence-electron chi connectivity index (χ4n) is 3.15. The summed E-state index contributed by atoms with van der Waals surface area (Å²) in [6.45, 7) is 4.11. The van der Waals surface area contributed by atoms with Crippen LogP contribution in [0.1, 0.15) is 45.4 Å². The van der Waals surface area contributed by atoms with Crippen molar-refractivity contribution in [2.75, 3.05) is 19.0 Å². The molecule has 1 saturated carbocycles. The minimum absolute atomic E-state index is 0.367. The topological polar surface area (TPSA) is 33.6 Å². The molecule has 1 aliphatic carbocycles. The van der Waals surface area contributed by atoms with Crippen LogP contribution in [0.25, 0.3) is 0 Å². The molecule has 18 heavy (non-hydrogen) atoms. The second-order valence-electron chi connectivity index (χ2n) is 6.18. The first-order chi connectivity index (χ1) is 8.76. The van der Waals surface area contributed by atoms with Gasteiger partial charge in [-0.25, -0.2) is 0 Å². The molecule has 0 amide bonds. The van der Waals surface area contributed by atoms with E-state index in [1.165, 1.54) is 43.0 Å². The lowest BCUT2D eigenvalue weighted by atomic mass is 9.78. The molecule has 3 rings (SSSR count). The van der Waals surface area contributed by atoms with Gasteiger partial charge in [0, 0.05) is 17.9 Å². The summed E-state index contributed by atoms with van der Waals surface area (Å²) in [5, 5.41) is 4.91. The Morgan fingerprint density at radius 3 is 2.89 bits per heavy atom. The number of hydrogen-bond donors (Lipinski definition) is 1.